The molecule has 134 valence electrons. The highest BCUT2D eigenvalue weighted by atomic mass is 32.2. The lowest BCUT2D eigenvalue weighted by Crippen LogP contribution is -2.46. The summed E-state index contributed by atoms with van der Waals surface area (Å²) in [6, 6.07) is 7.64. The molecule has 3 rings (SSSR count). The van der Waals surface area contributed by atoms with E-state index >= 15 is 0 Å². The van der Waals surface area contributed by atoms with Crippen molar-refractivity contribution in [2.45, 2.75) is 37.4 Å². The van der Waals surface area contributed by atoms with E-state index in [9.17, 15) is 8.42 Å². The van der Waals surface area contributed by atoms with Gasteiger partial charge in [-0.1, -0.05) is 12.1 Å². The summed E-state index contributed by atoms with van der Waals surface area (Å²) in [4.78, 5) is 2.71. The molecule has 6 nitrogen and oxygen atoms in total. The van der Waals surface area contributed by atoms with E-state index in [1.165, 1.54) is 4.31 Å². The Balaban J connectivity index is 1.76. The number of sulfonamides is 1. The summed E-state index contributed by atoms with van der Waals surface area (Å²) < 4.78 is 38.0. The summed E-state index contributed by atoms with van der Waals surface area (Å²) in [5, 5.41) is 0. The normalized spacial score (nSPS) is 27.2. The first-order valence-corrected chi connectivity index (χ1v) is 9.93. The number of hydrogen-bond acceptors (Lipinski definition) is 5. The fraction of sp³-hybridized carbons (Fsp3) is 0.647. The largest absolute Gasteiger partial charge is 0.379 e. The third kappa shape index (κ3) is 3.97. The number of rotatable bonds is 4. The highest BCUT2D eigenvalue weighted by Crippen LogP contribution is 2.21. The SMILES string of the molecule is C[C@H]1CN(Cc2cccc(S(=O)(=O)N3CCOCC3)c2)[C@@H](C)CO1. The predicted octanol–water partition coefficient (Wildman–Crippen LogP) is 1.32. The highest BCUT2D eigenvalue weighted by molar-refractivity contribution is 7.89. The first-order valence-electron chi connectivity index (χ1n) is 8.49. The summed E-state index contributed by atoms with van der Waals surface area (Å²) in [5.74, 6) is 0. The molecule has 1 aromatic rings. The molecule has 2 aliphatic heterocycles. The number of morpholine rings is 2. The van der Waals surface area contributed by atoms with Crippen LogP contribution in [-0.2, 0) is 26.0 Å². The van der Waals surface area contributed by atoms with Crippen molar-refractivity contribution in [3.05, 3.63) is 29.8 Å². The van der Waals surface area contributed by atoms with Gasteiger partial charge in [0, 0.05) is 32.2 Å². The van der Waals surface area contributed by atoms with Gasteiger partial charge in [0.15, 0.2) is 0 Å². The van der Waals surface area contributed by atoms with Crippen LogP contribution in [-0.4, -0.2) is 69.2 Å². The zero-order chi connectivity index (χ0) is 17.2. The average Bonchev–Trinajstić information content (AvgIpc) is 2.59. The number of ether oxygens (including phenoxy) is 2. The van der Waals surface area contributed by atoms with Crippen molar-refractivity contribution in [3.63, 3.8) is 0 Å². The molecule has 7 heteroatoms. The Kier molecular flexibility index (Phi) is 5.56. The third-order valence-electron chi connectivity index (χ3n) is 4.63. The van der Waals surface area contributed by atoms with Crippen LogP contribution in [0.15, 0.2) is 29.2 Å². The molecular formula is C17H26N2O4S. The van der Waals surface area contributed by atoms with Gasteiger partial charge in [0.2, 0.25) is 10.0 Å². The van der Waals surface area contributed by atoms with Crippen LogP contribution < -0.4 is 0 Å². The van der Waals surface area contributed by atoms with Crippen LogP contribution in [0, 0.1) is 0 Å². The van der Waals surface area contributed by atoms with Crippen molar-refractivity contribution in [1.82, 2.24) is 9.21 Å². The smallest absolute Gasteiger partial charge is 0.243 e. The number of nitrogens with zero attached hydrogens (tertiary/aromatic N) is 2. The number of benzene rings is 1. The molecule has 0 aliphatic carbocycles. The molecule has 2 heterocycles. The predicted molar refractivity (Wildman–Crippen MR) is 91.3 cm³/mol. The Hall–Kier alpha value is -0.990. The Morgan fingerprint density at radius 1 is 1.21 bits per heavy atom. The first-order chi connectivity index (χ1) is 11.5. The second kappa shape index (κ2) is 7.49. The molecule has 0 radical (unpaired) electrons. The molecule has 0 unspecified atom stereocenters. The molecule has 1 aromatic carbocycles. The standard InChI is InChI=1S/C17H26N2O4S/c1-14-13-23-15(2)11-18(14)12-16-4-3-5-17(10-16)24(20,21)19-6-8-22-9-7-19/h3-5,10,14-15H,6-9,11-13H2,1-2H3/t14-,15-/m0/s1. The zero-order valence-corrected chi connectivity index (χ0v) is 15.2. The van der Waals surface area contributed by atoms with Gasteiger partial charge in [0.1, 0.15) is 0 Å². The monoisotopic (exact) mass is 354 g/mol. The fourth-order valence-corrected chi connectivity index (χ4v) is 4.65. The van der Waals surface area contributed by atoms with Gasteiger partial charge >= 0.3 is 0 Å². The molecule has 24 heavy (non-hydrogen) atoms. The Labute approximate surface area is 144 Å². The minimum Gasteiger partial charge on any atom is -0.379 e. The molecule has 0 spiro atoms. The number of hydrogen-bond donors (Lipinski definition) is 0. The van der Waals surface area contributed by atoms with Crippen LogP contribution in [0.2, 0.25) is 0 Å². The van der Waals surface area contributed by atoms with Crippen molar-refractivity contribution in [3.8, 4) is 0 Å². The van der Waals surface area contributed by atoms with E-state index in [1.54, 1.807) is 12.1 Å². The van der Waals surface area contributed by atoms with Gasteiger partial charge in [0.05, 0.1) is 30.8 Å². The van der Waals surface area contributed by atoms with E-state index in [-0.39, 0.29) is 6.10 Å². The maximum absolute atomic E-state index is 12.8. The van der Waals surface area contributed by atoms with Crippen LogP contribution in [0.25, 0.3) is 0 Å². The second-order valence-corrected chi connectivity index (χ2v) is 8.52. The topological polar surface area (TPSA) is 59.1 Å². The maximum Gasteiger partial charge on any atom is 0.243 e. The summed E-state index contributed by atoms with van der Waals surface area (Å²) >= 11 is 0. The maximum atomic E-state index is 12.8. The summed E-state index contributed by atoms with van der Waals surface area (Å²) in [6.07, 6.45) is 0.210. The summed E-state index contributed by atoms with van der Waals surface area (Å²) in [6.45, 7) is 8.29. The van der Waals surface area contributed by atoms with Gasteiger partial charge in [-0.05, 0) is 31.5 Å². The van der Waals surface area contributed by atoms with Crippen LogP contribution in [0.3, 0.4) is 0 Å². The van der Waals surface area contributed by atoms with Crippen molar-refractivity contribution in [1.29, 1.82) is 0 Å². The fourth-order valence-electron chi connectivity index (χ4n) is 3.17. The molecule has 0 aromatic heterocycles. The lowest BCUT2D eigenvalue weighted by atomic mass is 10.1. The van der Waals surface area contributed by atoms with E-state index in [0.29, 0.717) is 43.8 Å². The van der Waals surface area contributed by atoms with Crippen molar-refractivity contribution < 1.29 is 17.9 Å². The Bertz CT molecular complexity index is 658. The van der Waals surface area contributed by atoms with Crippen LogP contribution in [0.4, 0.5) is 0 Å². The van der Waals surface area contributed by atoms with E-state index in [0.717, 1.165) is 18.7 Å². The van der Waals surface area contributed by atoms with Crippen LogP contribution in [0.5, 0.6) is 0 Å². The van der Waals surface area contributed by atoms with Crippen molar-refractivity contribution >= 4 is 10.0 Å². The summed E-state index contributed by atoms with van der Waals surface area (Å²) in [5.41, 5.74) is 1.02. The molecule has 2 fully saturated rings. The average molecular weight is 354 g/mol. The van der Waals surface area contributed by atoms with Gasteiger partial charge in [0.25, 0.3) is 0 Å². The van der Waals surface area contributed by atoms with Crippen molar-refractivity contribution in [2.24, 2.45) is 0 Å². The molecule has 0 saturated carbocycles. The Morgan fingerprint density at radius 3 is 2.71 bits per heavy atom. The van der Waals surface area contributed by atoms with Gasteiger partial charge in [-0.15, -0.1) is 0 Å². The molecule has 0 amide bonds. The van der Waals surface area contributed by atoms with E-state index in [1.807, 2.05) is 12.1 Å². The molecule has 0 N–H and O–H groups in total. The molecule has 0 bridgehead atoms. The van der Waals surface area contributed by atoms with Crippen LogP contribution >= 0.6 is 0 Å². The van der Waals surface area contributed by atoms with E-state index in [4.69, 9.17) is 9.47 Å². The minimum atomic E-state index is -3.44. The minimum absolute atomic E-state index is 0.210. The Morgan fingerprint density at radius 2 is 1.96 bits per heavy atom. The van der Waals surface area contributed by atoms with Crippen molar-refractivity contribution in [2.75, 3.05) is 39.5 Å². The molecule has 2 saturated heterocycles. The van der Waals surface area contributed by atoms with Gasteiger partial charge in [-0.2, -0.15) is 4.31 Å². The highest BCUT2D eigenvalue weighted by Gasteiger charge is 2.27. The van der Waals surface area contributed by atoms with E-state index < -0.39 is 10.0 Å². The second-order valence-electron chi connectivity index (χ2n) is 6.59. The first kappa shape index (κ1) is 17.8. The lowest BCUT2D eigenvalue weighted by Gasteiger charge is -2.36. The molecular weight excluding hydrogens is 328 g/mol. The zero-order valence-electron chi connectivity index (χ0n) is 14.3. The lowest BCUT2D eigenvalue weighted by molar-refractivity contribution is -0.0526. The third-order valence-corrected chi connectivity index (χ3v) is 6.52. The molecule has 2 atom stereocenters. The van der Waals surface area contributed by atoms with Gasteiger partial charge in [-0.3, -0.25) is 4.90 Å². The molecule has 2 aliphatic rings. The quantitative estimate of drug-likeness (QED) is 0.816. The summed E-state index contributed by atoms with van der Waals surface area (Å²) in [7, 11) is -3.44. The van der Waals surface area contributed by atoms with Gasteiger partial charge < -0.3 is 9.47 Å². The van der Waals surface area contributed by atoms with E-state index in [2.05, 4.69) is 18.7 Å². The van der Waals surface area contributed by atoms with Gasteiger partial charge in [-0.25, -0.2) is 8.42 Å². The van der Waals surface area contributed by atoms with Crippen LogP contribution in [0.1, 0.15) is 19.4 Å².